The minimum atomic E-state index is -0.239. The van der Waals surface area contributed by atoms with Crippen LogP contribution in [-0.2, 0) is 15.0 Å². The van der Waals surface area contributed by atoms with E-state index in [1.54, 1.807) is 6.07 Å². The molecule has 0 saturated carbocycles. The summed E-state index contributed by atoms with van der Waals surface area (Å²) in [6, 6.07) is 4.58. The van der Waals surface area contributed by atoms with Gasteiger partial charge < -0.3 is 10.2 Å². The second-order valence-corrected chi connectivity index (χ2v) is 7.86. The Balaban J connectivity index is 0. The molecule has 1 aromatic rings. The monoisotopic (exact) mass is 390 g/mol. The topological polar surface area (TPSA) is 74.6 Å². The van der Waals surface area contributed by atoms with E-state index in [0.29, 0.717) is 5.57 Å². The Morgan fingerprint density at radius 2 is 1.25 bits per heavy atom. The van der Waals surface area contributed by atoms with Crippen LogP contribution in [0.1, 0.15) is 74.8 Å². The number of phenolic OH excluding ortho intramolecular Hbond substituents is 2. The average Bonchev–Trinajstić information content (AvgIpc) is 2.61. The van der Waals surface area contributed by atoms with Gasteiger partial charge in [-0.05, 0) is 47.3 Å². The van der Waals surface area contributed by atoms with Gasteiger partial charge in [0.25, 0.3) is 0 Å². The molecule has 2 rings (SSSR count). The third-order valence-corrected chi connectivity index (χ3v) is 3.55. The number of rotatable bonds is 0. The fraction of sp³-hybridized carbons (Fsp3) is 0.500. The molecule has 0 amide bonds. The highest BCUT2D eigenvalue weighted by molar-refractivity contribution is 6.17. The molecule has 2 N–H and O–H groups in total. The molecule has 0 saturated heterocycles. The maximum absolute atomic E-state index is 11.3. The van der Waals surface area contributed by atoms with Crippen molar-refractivity contribution in [1.29, 1.82) is 0 Å². The molecule has 1 aliphatic rings. The largest absolute Gasteiger partial charge is 0.508 e. The van der Waals surface area contributed by atoms with Gasteiger partial charge in [0, 0.05) is 11.1 Å². The molecular formula is C24H38O4. The Labute approximate surface area is 171 Å². The molecule has 0 radical (unpaired) electrons. The van der Waals surface area contributed by atoms with Crippen molar-refractivity contribution in [3.63, 3.8) is 0 Å². The SMILES string of the molecule is CC.CC.CC(C)(C)C1=CC(=O)C=CC1=O.CC(C)(C)c1cc(O)ccc1O. The quantitative estimate of drug-likeness (QED) is 0.414. The molecular weight excluding hydrogens is 352 g/mol. The van der Waals surface area contributed by atoms with Crippen molar-refractivity contribution in [1.82, 2.24) is 0 Å². The molecule has 0 heterocycles. The Bertz CT molecular complexity index is 696. The van der Waals surface area contributed by atoms with E-state index in [9.17, 15) is 19.8 Å². The highest BCUT2D eigenvalue weighted by Crippen LogP contribution is 2.32. The van der Waals surface area contributed by atoms with Crippen molar-refractivity contribution < 1.29 is 19.8 Å². The normalized spacial score (nSPS) is 13.1. The third kappa shape index (κ3) is 9.54. The van der Waals surface area contributed by atoms with Gasteiger partial charge >= 0.3 is 0 Å². The number of benzene rings is 1. The molecule has 0 spiro atoms. The minimum absolute atomic E-state index is 0.0536. The number of phenols is 2. The maximum atomic E-state index is 11.3. The van der Waals surface area contributed by atoms with Gasteiger partial charge in [0.2, 0.25) is 0 Å². The zero-order valence-electron chi connectivity index (χ0n) is 19.2. The molecule has 0 aliphatic heterocycles. The first-order valence-electron chi connectivity index (χ1n) is 9.83. The van der Waals surface area contributed by atoms with Gasteiger partial charge in [-0.2, -0.15) is 0 Å². The van der Waals surface area contributed by atoms with Crippen LogP contribution in [0.15, 0.2) is 42.0 Å². The van der Waals surface area contributed by atoms with E-state index in [2.05, 4.69) is 0 Å². The van der Waals surface area contributed by atoms with E-state index >= 15 is 0 Å². The van der Waals surface area contributed by atoms with Gasteiger partial charge in [0.05, 0.1) is 0 Å². The highest BCUT2D eigenvalue weighted by Gasteiger charge is 2.24. The van der Waals surface area contributed by atoms with Crippen LogP contribution < -0.4 is 0 Å². The van der Waals surface area contributed by atoms with E-state index in [0.717, 1.165) is 5.56 Å². The van der Waals surface area contributed by atoms with E-state index in [-0.39, 0.29) is 33.9 Å². The van der Waals surface area contributed by atoms with Gasteiger partial charge in [0.1, 0.15) is 11.5 Å². The summed E-state index contributed by atoms with van der Waals surface area (Å²) >= 11 is 0. The summed E-state index contributed by atoms with van der Waals surface area (Å²) in [4.78, 5) is 22.2. The lowest BCUT2D eigenvalue weighted by molar-refractivity contribution is -0.115. The van der Waals surface area contributed by atoms with Crippen LogP contribution in [0, 0.1) is 5.41 Å². The average molecular weight is 391 g/mol. The Morgan fingerprint density at radius 3 is 1.61 bits per heavy atom. The van der Waals surface area contributed by atoms with E-state index in [1.807, 2.05) is 69.2 Å². The molecule has 4 nitrogen and oxygen atoms in total. The minimum Gasteiger partial charge on any atom is -0.508 e. The fourth-order valence-electron chi connectivity index (χ4n) is 2.22. The number of aromatic hydroxyl groups is 2. The first-order valence-corrected chi connectivity index (χ1v) is 9.83. The summed E-state index contributed by atoms with van der Waals surface area (Å²) < 4.78 is 0. The lowest BCUT2D eigenvalue weighted by Gasteiger charge is -2.21. The van der Waals surface area contributed by atoms with Crippen LogP contribution in [0.4, 0.5) is 0 Å². The van der Waals surface area contributed by atoms with E-state index < -0.39 is 0 Å². The summed E-state index contributed by atoms with van der Waals surface area (Å²) in [5.41, 5.74) is 0.984. The van der Waals surface area contributed by atoms with Crippen molar-refractivity contribution in [2.75, 3.05) is 0 Å². The third-order valence-electron chi connectivity index (χ3n) is 3.55. The molecule has 28 heavy (non-hydrogen) atoms. The van der Waals surface area contributed by atoms with Crippen molar-refractivity contribution in [3.05, 3.63) is 47.6 Å². The molecule has 4 heteroatoms. The summed E-state index contributed by atoms with van der Waals surface area (Å²) in [6.45, 7) is 19.7. The molecule has 0 bridgehead atoms. The van der Waals surface area contributed by atoms with Gasteiger partial charge in [-0.3, -0.25) is 9.59 Å². The van der Waals surface area contributed by atoms with Gasteiger partial charge in [-0.25, -0.2) is 0 Å². The zero-order chi connectivity index (χ0) is 22.7. The van der Waals surface area contributed by atoms with Crippen LogP contribution in [-0.4, -0.2) is 21.8 Å². The number of hydrogen-bond acceptors (Lipinski definition) is 4. The summed E-state index contributed by atoms with van der Waals surface area (Å²) in [5, 5.41) is 18.6. The van der Waals surface area contributed by atoms with Crippen LogP contribution >= 0.6 is 0 Å². The van der Waals surface area contributed by atoms with Crippen molar-refractivity contribution in [2.24, 2.45) is 5.41 Å². The van der Waals surface area contributed by atoms with Crippen molar-refractivity contribution in [2.45, 2.75) is 74.7 Å². The first-order chi connectivity index (χ1) is 12.8. The van der Waals surface area contributed by atoms with Gasteiger partial charge in [0.15, 0.2) is 11.6 Å². The lowest BCUT2D eigenvalue weighted by Crippen LogP contribution is -2.20. The zero-order valence-corrected chi connectivity index (χ0v) is 19.2. The van der Waals surface area contributed by atoms with Crippen LogP contribution in [0.25, 0.3) is 0 Å². The molecule has 0 fully saturated rings. The van der Waals surface area contributed by atoms with Crippen molar-refractivity contribution in [3.8, 4) is 11.5 Å². The molecule has 0 aromatic heterocycles. The Morgan fingerprint density at radius 1 is 0.750 bits per heavy atom. The number of hydrogen-bond donors (Lipinski definition) is 2. The van der Waals surface area contributed by atoms with Crippen LogP contribution in [0.3, 0.4) is 0 Å². The van der Waals surface area contributed by atoms with E-state index in [1.165, 1.54) is 30.4 Å². The molecule has 0 atom stereocenters. The standard InChI is InChI=1S/C10H14O2.C10H12O2.2C2H6/c2*1-10(2,3)8-6-7(11)4-5-9(8)12;2*1-2/h4-6,11-12H,1-3H3;4-6H,1-3H3;2*1-2H3. The number of ketones is 2. The molecule has 1 aliphatic carbocycles. The number of carbonyl (C=O) groups excluding carboxylic acids is 2. The molecule has 1 aromatic carbocycles. The first kappa shape index (κ1) is 27.9. The Kier molecular flexibility index (Phi) is 12.1. The molecule has 158 valence electrons. The summed E-state index contributed by atoms with van der Waals surface area (Å²) in [7, 11) is 0. The van der Waals surface area contributed by atoms with Gasteiger partial charge in [-0.1, -0.05) is 69.2 Å². The van der Waals surface area contributed by atoms with Crippen molar-refractivity contribution >= 4 is 11.6 Å². The van der Waals surface area contributed by atoms with E-state index in [4.69, 9.17) is 0 Å². The Hall–Kier alpha value is -2.36. The van der Waals surface area contributed by atoms with Crippen LogP contribution in [0.5, 0.6) is 11.5 Å². The predicted octanol–water partition coefficient (Wildman–Crippen LogP) is 6.11. The number of carbonyl (C=O) groups is 2. The second-order valence-electron chi connectivity index (χ2n) is 7.86. The summed E-state index contributed by atoms with van der Waals surface area (Å²) in [6.07, 6.45) is 4.06. The lowest BCUT2D eigenvalue weighted by atomic mass is 9.81. The summed E-state index contributed by atoms with van der Waals surface area (Å²) in [5.74, 6) is 0.277. The highest BCUT2D eigenvalue weighted by atomic mass is 16.3. The van der Waals surface area contributed by atoms with Gasteiger partial charge in [-0.15, -0.1) is 0 Å². The maximum Gasteiger partial charge on any atom is 0.182 e. The second kappa shape index (κ2) is 12.2. The fourth-order valence-corrected chi connectivity index (χ4v) is 2.22. The predicted molar refractivity (Wildman–Crippen MR) is 118 cm³/mol. The van der Waals surface area contributed by atoms with Crippen LogP contribution in [0.2, 0.25) is 0 Å². The number of allylic oxidation sites excluding steroid dienone is 4. The smallest absolute Gasteiger partial charge is 0.182 e. The molecule has 0 unspecified atom stereocenters.